The molecule has 0 heterocycles. The maximum absolute atomic E-state index is 12.4. The summed E-state index contributed by atoms with van der Waals surface area (Å²) in [5.41, 5.74) is 0.810. The van der Waals surface area contributed by atoms with Crippen molar-refractivity contribution < 1.29 is 13.5 Å². The van der Waals surface area contributed by atoms with Gasteiger partial charge in [0.1, 0.15) is 5.75 Å². The van der Waals surface area contributed by atoms with Crippen LogP contribution < -0.4 is 10.1 Å². The van der Waals surface area contributed by atoms with Crippen LogP contribution in [0.2, 0.25) is 0 Å². The summed E-state index contributed by atoms with van der Waals surface area (Å²) >= 11 is 0. The smallest absolute Gasteiger partial charge is 0.387 e. The molecule has 1 aromatic carbocycles. The molecule has 0 spiro atoms. The highest BCUT2D eigenvalue weighted by molar-refractivity contribution is 5.36. The van der Waals surface area contributed by atoms with Gasteiger partial charge >= 0.3 is 6.61 Å². The normalized spacial score (nSPS) is 13.0. The molecule has 1 atom stereocenters. The molecule has 19 heavy (non-hydrogen) atoms. The molecule has 0 aromatic heterocycles. The molecule has 0 saturated carbocycles. The first kappa shape index (κ1) is 15.9. The Balaban J connectivity index is 2.87. The van der Waals surface area contributed by atoms with Crippen LogP contribution >= 0.6 is 0 Å². The summed E-state index contributed by atoms with van der Waals surface area (Å²) in [6.45, 7) is 4.34. The van der Waals surface area contributed by atoms with E-state index in [2.05, 4.69) is 23.9 Å². The van der Waals surface area contributed by atoms with Crippen molar-refractivity contribution in [1.82, 2.24) is 5.32 Å². The molecule has 4 heteroatoms. The lowest BCUT2D eigenvalue weighted by Gasteiger charge is -2.22. The highest BCUT2D eigenvalue weighted by Crippen LogP contribution is 2.30. The van der Waals surface area contributed by atoms with Crippen molar-refractivity contribution in [3.05, 3.63) is 29.8 Å². The summed E-state index contributed by atoms with van der Waals surface area (Å²) in [6.07, 6.45) is 1.95. The van der Waals surface area contributed by atoms with E-state index in [1.54, 1.807) is 12.1 Å². The summed E-state index contributed by atoms with van der Waals surface area (Å²) in [6, 6.07) is 7.08. The molecule has 108 valence electrons. The van der Waals surface area contributed by atoms with Gasteiger partial charge in [-0.05, 0) is 31.4 Å². The lowest BCUT2D eigenvalue weighted by molar-refractivity contribution is -0.0507. The van der Waals surface area contributed by atoms with Gasteiger partial charge in [0.2, 0.25) is 0 Å². The molecular weight excluding hydrogens is 248 g/mol. The molecule has 0 aliphatic heterocycles. The van der Waals surface area contributed by atoms with Crippen LogP contribution in [-0.2, 0) is 0 Å². The first-order valence-corrected chi connectivity index (χ1v) is 6.81. The Kier molecular flexibility index (Phi) is 6.78. The molecule has 0 bridgehead atoms. The lowest BCUT2D eigenvalue weighted by atomic mass is 9.97. The van der Waals surface area contributed by atoms with E-state index in [9.17, 15) is 8.78 Å². The molecule has 1 rings (SSSR count). The highest BCUT2D eigenvalue weighted by atomic mass is 19.3. The van der Waals surface area contributed by atoms with E-state index in [4.69, 9.17) is 0 Å². The van der Waals surface area contributed by atoms with Gasteiger partial charge < -0.3 is 10.1 Å². The second kappa shape index (κ2) is 8.10. The second-order valence-electron chi connectivity index (χ2n) is 5.00. The molecule has 0 aliphatic rings. The van der Waals surface area contributed by atoms with Crippen molar-refractivity contribution in [2.75, 3.05) is 6.54 Å². The first-order valence-electron chi connectivity index (χ1n) is 6.81. The van der Waals surface area contributed by atoms with E-state index >= 15 is 0 Å². The minimum Gasteiger partial charge on any atom is -0.434 e. The molecule has 1 unspecified atom stereocenters. The van der Waals surface area contributed by atoms with Crippen molar-refractivity contribution >= 4 is 0 Å². The van der Waals surface area contributed by atoms with E-state index < -0.39 is 6.61 Å². The number of hydrogen-bond acceptors (Lipinski definition) is 2. The maximum Gasteiger partial charge on any atom is 0.387 e. The van der Waals surface area contributed by atoms with Gasteiger partial charge in [0, 0.05) is 11.6 Å². The van der Waals surface area contributed by atoms with Crippen LogP contribution in [0.25, 0.3) is 0 Å². The molecule has 0 radical (unpaired) electrons. The number of rotatable bonds is 8. The molecule has 0 aliphatic carbocycles. The Morgan fingerprint density at radius 3 is 2.42 bits per heavy atom. The minimum atomic E-state index is -2.78. The number of benzene rings is 1. The van der Waals surface area contributed by atoms with Crippen LogP contribution in [0.4, 0.5) is 8.78 Å². The zero-order chi connectivity index (χ0) is 14.3. The molecule has 1 aromatic rings. The summed E-state index contributed by atoms with van der Waals surface area (Å²) < 4.78 is 29.4. The van der Waals surface area contributed by atoms with E-state index in [0.29, 0.717) is 5.92 Å². The minimum absolute atomic E-state index is 0.0577. The van der Waals surface area contributed by atoms with E-state index in [-0.39, 0.29) is 11.8 Å². The second-order valence-corrected chi connectivity index (χ2v) is 5.00. The molecule has 0 saturated heterocycles. The predicted octanol–water partition coefficient (Wildman–Crippen LogP) is 4.37. The summed E-state index contributed by atoms with van der Waals surface area (Å²) in [4.78, 5) is 0. The Morgan fingerprint density at radius 2 is 1.84 bits per heavy atom. The number of alkyl halides is 2. The monoisotopic (exact) mass is 271 g/mol. The fraction of sp³-hybridized carbons (Fsp3) is 0.600. The summed E-state index contributed by atoms with van der Waals surface area (Å²) in [5.74, 6) is 0.858. The van der Waals surface area contributed by atoms with Gasteiger partial charge in [0.15, 0.2) is 0 Å². The van der Waals surface area contributed by atoms with Gasteiger partial charge in [-0.15, -0.1) is 0 Å². The molecular formula is C15H23F2NO. The third-order valence-corrected chi connectivity index (χ3v) is 2.99. The third-order valence-electron chi connectivity index (χ3n) is 2.99. The van der Waals surface area contributed by atoms with Crippen LogP contribution in [0.15, 0.2) is 24.3 Å². The number of nitrogens with one attached hydrogen (secondary N) is 1. The van der Waals surface area contributed by atoms with Gasteiger partial charge in [0.05, 0.1) is 0 Å². The third kappa shape index (κ3) is 5.55. The zero-order valence-electron chi connectivity index (χ0n) is 11.8. The largest absolute Gasteiger partial charge is 0.434 e. The summed E-state index contributed by atoms with van der Waals surface area (Å²) in [7, 11) is 0. The van der Waals surface area contributed by atoms with Crippen molar-refractivity contribution in [3.63, 3.8) is 0 Å². The Labute approximate surface area is 114 Å². The van der Waals surface area contributed by atoms with Gasteiger partial charge in [-0.1, -0.05) is 39.0 Å². The highest BCUT2D eigenvalue weighted by Gasteiger charge is 2.17. The van der Waals surface area contributed by atoms with E-state index in [0.717, 1.165) is 24.9 Å². The Morgan fingerprint density at radius 1 is 1.16 bits per heavy atom. The van der Waals surface area contributed by atoms with Crippen LogP contribution in [0.1, 0.15) is 45.2 Å². The predicted molar refractivity (Wildman–Crippen MR) is 73.6 cm³/mol. The first-order chi connectivity index (χ1) is 9.04. The van der Waals surface area contributed by atoms with Crippen LogP contribution in [0.3, 0.4) is 0 Å². The molecule has 2 nitrogen and oxygen atoms in total. The van der Waals surface area contributed by atoms with Gasteiger partial charge in [-0.3, -0.25) is 0 Å². The number of ether oxygens (including phenoxy) is 1. The van der Waals surface area contributed by atoms with E-state index in [1.807, 2.05) is 19.1 Å². The van der Waals surface area contributed by atoms with Gasteiger partial charge in [-0.2, -0.15) is 8.78 Å². The molecule has 1 N–H and O–H groups in total. The number of hydrogen-bond donors (Lipinski definition) is 1. The molecule has 0 fully saturated rings. The van der Waals surface area contributed by atoms with Crippen molar-refractivity contribution in [3.8, 4) is 5.75 Å². The van der Waals surface area contributed by atoms with Crippen molar-refractivity contribution in [2.45, 2.75) is 46.3 Å². The van der Waals surface area contributed by atoms with Crippen LogP contribution in [0, 0.1) is 5.92 Å². The fourth-order valence-corrected chi connectivity index (χ4v) is 2.09. The van der Waals surface area contributed by atoms with E-state index in [1.165, 1.54) is 0 Å². The average Bonchev–Trinajstić information content (AvgIpc) is 2.34. The summed E-state index contributed by atoms with van der Waals surface area (Å²) in [5, 5.41) is 3.34. The number of para-hydroxylation sites is 1. The maximum atomic E-state index is 12.4. The lowest BCUT2D eigenvalue weighted by Crippen LogP contribution is -2.22. The topological polar surface area (TPSA) is 21.3 Å². The van der Waals surface area contributed by atoms with Gasteiger partial charge in [0.25, 0.3) is 0 Å². The zero-order valence-corrected chi connectivity index (χ0v) is 11.8. The standard InChI is InChI=1S/C15H23F2NO/c1-4-18-13(10-9-11(2)3)12-7-5-6-8-14(12)19-15(16)17/h5-8,11,13,15,18H,4,9-10H2,1-3H3. The van der Waals surface area contributed by atoms with Crippen molar-refractivity contribution in [1.29, 1.82) is 0 Å². The fourth-order valence-electron chi connectivity index (χ4n) is 2.09. The number of halogens is 2. The van der Waals surface area contributed by atoms with Crippen molar-refractivity contribution in [2.24, 2.45) is 5.92 Å². The SMILES string of the molecule is CCNC(CCC(C)C)c1ccccc1OC(F)F. The Bertz CT molecular complexity index is 369. The van der Waals surface area contributed by atoms with Crippen LogP contribution in [0.5, 0.6) is 5.75 Å². The Hall–Kier alpha value is -1.16. The van der Waals surface area contributed by atoms with Crippen LogP contribution in [-0.4, -0.2) is 13.2 Å². The molecule has 0 amide bonds. The van der Waals surface area contributed by atoms with Gasteiger partial charge in [-0.25, -0.2) is 0 Å². The quantitative estimate of drug-likeness (QED) is 0.758. The average molecular weight is 271 g/mol.